The summed E-state index contributed by atoms with van der Waals surface area (Å²) in [6.45, 7) is 9.95. The number of carbonyl (C=O) groups excluding carboxylic acids is 2. The Labute approximate surface area is 155 Å². The Morgan fingerprint density at radius 3 is 2.20 bits per heavy atom. The lowest BCUT2D eigenvalue weighted by Crippen LogP contribution is -2.34. The van der Waals surface area contributed by atoms with Gasteiger partial charge in [0.05, 0.1) is 0 Å². The fourth-order valence-corrected chi connectivity index (χ4v) is 3.42. The standard InChI is InChI=1S/C19H27N3O2.ClH/c1-19(2,3)18(24)21-8-13-4-6-14(7-5-13)17(23)22-11-15-9-20-10-16(15)12-22;/h4-7,15-16,20H,8-12H2,1-3H3,(H,21,24);1H/t15-,16+;. The van der Waals surface area contributed by atoms with E-state index in [0.717, 1.165) is 37.3 Å². The minimum atomic E-state index is -0.390. The number of nitrogens with one attached hydrogen (secondary N) is 2. The minimum absolute atomic E-state index is 0. The molecule has 2 heterocycles. The Morgan fingerprint density at radius 1 is 1.12 bits per heavy atom. The van der Waals surface area contributed by atoms with Gasteiger partial charge in [-0.3, -0.25) is 9.59 Å². The van der Waals surface area contributed by atoms with Crippen LogP contribution in [0, 0.1) is 17.3 Å². The van der Waals surface area contributed by atoms with Gasteiger partial charge in [-0.2, -0.15) is 0 Å². The lowest BCUT2D eigenvalue weighted by atomic mass is 9.95. The van der Waals surface area contributed by atoms with Crippen LogP contribution in [0.2, 0.25) is 0 Å². The molecule has 0 aliphatic carbocycles. The van der Waals surface area contributed by atoms with Crippen LogP contribution < -0.4 is 10.6 Å². The van der Waals surface area contributed by atoms with Gasteiger partial charge in [0, 0.05) is 43.7 Å². The fourth-order valence-electron chi connectivity index (χ4n) is 3.42. The van der Waals surface area contributed by atoms with Crippen LogP contribution in [0.5, 0.6) is 0 Å². The van der Waals surface area contributed by atoms with Crippen LogP contribution in [0.25, 0.3) is 0 Å². The van der Waals surface area contributed by atoms with Crippen LogP contribution in [-0.2, 0) is 11.3 Å². The van der Waals surface area contributed by atoms with Crippen molar-refractivity contribution in [3.05, 3.63) is 35.4 Å². The molecule has 5 nitrogen and oxygen atoms in total. The number of fused-ring (bicyclic) bond motifs is 1. The van der Waals surface area contributed by atoms with E-state index >= 15 is 0 Å². The Hall–Kier alpha value is -1.59. The Balaban J connectivity index is 0.00000225. The maximum absolute atomic E-state index is 12.6. The van der Waals surface area contributed by atoms with Crippen LogP contribution in [0.3, 0.4) is 0 Å². The van der Waals surface area contributed by atoms with Gasteiger partial charge in [0.15, 0.2) is 0 Å². The first-order valence-corrected chi connectivity index (χ1v) is 8.72. The highest BCUT2D eigenvalue weighted by molar-refractivity contribution is 5.94. The maximum atomic E-state index is 12.6. The highest BCUT2D eigenvalue weighted by Gasteiger charge is 2.38. The van der Waals surface area contributed by atoms with E-state index in [1.54, 1.807) is 0 Å². The van der Waals surface area contributed by atoms with Gasteiger partial charge in [-0.15, -0.1) is 12.4 Å². The first kappa shape index (κ1) is 19.7. The quantitative estimate of drug-likeness (QED) is 0.862. The summed E-state index contributed by atoms with van der Waals surface area (Å²) in [4.78, 5) is 26.5. The summed E-state index contributed by atoms with van der Waals surface area (Å²) in [6, 6.07) is 7.59. The molecule has 6 heteroatoms. The number of hydrogen-bond donors (Lipinski definition) is 2. The highest BCUT2D eigenvalue weighted by Crippen LogP contribution is 2.27. The van der Waals surface area contributed by atoms with Gasteiger partial charge in [0.1, 0.15) is 0 Å². The predicted molar refractivity (Wildman–Crippen MR) is 101 cm³/mol. The summed E-state index contributed by atoms with van der Waals surface area (Å²) >= 11 is 0. The zero-order chi connectivity index (χ0) is 17.3. The number of carbonyl (C=O) groups is 2. The van der Waals surface area contributed by atoms with Crippen molar-refractivity contribution in [3.63, 3.8) is 0 Å². The van der Waals surface area contributed by atoms with Crippen LogP contribution in [-0.4, -0.2) is 42.9 Å². The molecule has 2 atom stereocenters. The second kappa shape index (κ2) is 7.75. The molecule has 0 spiro atoms. The monoisotopic (exact) mass is 365 g/mol. The molecule has 1 aromatic carbocycles. The molecular formula is C19H28ClN3O2. The van der Waals surface area contributed by atoms with Gasteiger partial charge in [0.2, 0.25) is 5.91 Å². The molecule has 2 aliphatic heterocycles. The highest BCUT2D eigenvalue weighted by atomic mass is 35.5. The summed E-state index contributed by atoms with van der Waals surface area (Å²) in [6.07, 6.45) is 0. The minimum Gasteiger partial charge on any atom is -0.352 e. The Bertz CT molecular complexity index is 613. The lowest BCUT2D eigenvalue weighted by molar-refractivity contribution is -0.128. The molecule has 3 rings (SSSR count). The summed E-state index contributed by atoms with van der Waals surface area (Å²) in [5.41, 5.74) is 1.35. The van der Waals surface area contributed by atoms with Crippen molar-refractivity contribution >= 4 is 24.2 Å². The van der Waals surface area contributed by atoms with E-state index in [0.29, 0.717) is 18.4 Å². The Morgan fingerprint density at radius 2 is 1.68 bits per heavy atom. The fraction of sp³-hybridized carbons (Fsp3) is 0.579. The van der Waals surface area contributed by atoms with Crippen LogP contribution in [0.1, 0.15) is 36.7 Å². The SMILES string of the molecule is CC(C)(C)C(=O)NCc1ccc(C(=O)N2C[C@H]3CNC[C@H]3C2)cc1.Cl. The number of amides is 2. The smallest absolute Gasteiger partial charge is 0.253 e. The van der Waals surface area contributed by atoms with Gasteiger partial charge in [-0.25, -0.2) is 0 Å². The molecule has 0 aromatic heterocycles. The van der Waals surface area contributed by atoms with E-state index in [4.69, 9.17) is 0 Å². The number of benzene rings is 1. The zero-order valence-corrected chi connectivity index (χ0v) is 16.0. The van der Waals surface area contributed by atoms with Gasteiger partial charge < -0.3 is 15.5 Å². The van der Waals surface area contributed by atoms with Crippen molar-refractivity contribution in [3.8, 4) is 0 Å². The maximum Gasteiger partial charge on any atom is 0.253 e. The van der Waals surface area contributed by atoms with Gasteiger partial charge in [0.25, 0.3) is 5.91 Å². The van der Waals surface area contributed by atoms with E-state index in [2.05, 4.69) is 10.6 Å². The first-order chi connectivity index (χ1) is 11.3. The van der Waals surface area contributed by atoms with Crippen molar-refractivity contribution in [1.29, 1.82) is 0 Å². The third-order valence-corrected chi connectivity index (χ3v) is 5.01. The molecule has 1 aromatic rings. The van der Waals surface area contributed by atoms with Crippen molar-refractivity contribution in [2.24, 2.45) is 17.3 Å². The predicted octanol–water partition coefficient (Wildman–Crippen LogP) is 2.06. The summed E-state index contributed by atoms with van der Waals surface area (Å²) in [5.74, 6) is 1.37. The molecular weight excluding hydrogens is 338 g/mol. The molecule has 2 N–H and O–H groups in total. The number of halogens is 1. The molecule has 2 aliphatic rings. The Kier molecular flexibility index (Phi) is 6.12. The van der Waals surface area contributed by atoms with Crippen molar-refractivity contribution in [2.45, 2.75) is 27.3 Å². The van der Waals surface area contributed by atoms with E-state index in [-0.39, 0.29) is 24.2 Å². The van der Waals surface area contributed by atoms with Crippen LogP contribution >= 0.6 is 12.4 Å². The van der Waals surface area contributed by atoms with Gasteiger partial charge >= 0.3 is 0 Å². The van der Waals surface area contributed by atoms with E-state index < -0.39 is 5.41 Å². The molecule has 2 amide bonds. The van der Waals surface area contributed by atoms with Crippen LogP contribution in [0.4, 0.5) is 0 Å². The van der Waals surface area contributed by atoms with E-state index in [1.165, 1.54) is 0 Å². The average Bonchev–Trinajstić information content (AvgIpc) is 3.13. The summed E-state index contributed by atoms with van der Waals surface area (Å²) in [7, 11) is 0. The molecule has 0 unspecified atom stereocenters. The molecule has 0 radical (unpaired) electrons. The van der Waals surface area contributed by atoms with Gasteiger partial charge in [-0.1, -0.05) is 32.9 Å². The lowest BCUT2D eigenvalue weighted by Gasteiger charge is -2.19. The number of rotatable bonds is 3. The molecule has 2 saturated heterocycles. The molecule has 138 valence electrons. The van der Waals surface area contributed by atoms with Crippen LogP contribution in [0.15, 0.2) is 24.3 Å². The topological polar surface area (TPSA) is 61.4 Å². The first-order valence-electron chi connectivity index (χ1n) is 8.72. The van der Waals surface area contributed by atoms with E-state index in [1.807, 2.05) is 49.9 Å². The van der Waals surface area contributed by atoms with Crippen molar-refractivity contribution < 1.29 is 9.59 Å². The largest absolute Gasteiger partial charge is 0.352 e. The second-order valence-corrected chi connectivity index (χ2v) is 8.02. The average molecular weight is 366 g/mol. The summed E-state index contributed by atoms with van der Waals surface area (Å²) in [5, 5.41) is 6.32. The number of hydrogen-bond acceptors (Lipinski definition) is 3. The van der Waals surface area contributed by atoms with Crippen molar-refractivity contribution in [2.75, 3.05) is 26.2 Å². The van der Waals surface area contributed by atoms with Gasteiger partial charge in [-0.05, 0) is 29.5 Å². The normalized spacial score (nSPS) is 22.3. The molecule has 2 fully saturated rings. The molecule has 0 bridgehead atoms. The third kappa shape index (κ3) is 4.53. The molecule has 0 saturated carbocycles. The van der Waals surface area contributed by atoms with Crippen molar-refractivity contribution in [1.82, 2.24) is 15.5 Å². The zero-order valence-electron chi connectivity index (χ0n) is 15.2. The third-order valence-electron chi connectivity index (χ3n) is 5.01. The second-order valence-electron chi connectivity index (χ2n) is 8.02. The van der Waals surface area contributed by atoms with E-state index in [9.17, 15) is 9.59 Å². The molecule has 25 heavy (non-hydrogen) atoms. The summed E-state index contributed by atoms with van der Waals surface area (Å²) < 4.78 is 0. The number of nitrogens with zero attached hydrogens (tertiary/aromatic N) is 1. The number of likely N-dealkylation sites (tertiary alicyclic amines) is 1.